The van der Waals surface area contributed by atoms with Crippen molar-refractivity contribution in [1.82, 2.24) is 4.98 Å². The zero-order valence-electron chi connectivity index (χ0n) is 13.9. The van der Waals surface area contributed by atoms with E-state index >= 15 is 0 Å². The molecule has 4 rings (SSSR count). The minimum Gasteiger partial charge on any atom is -0.399 e. The van der Waals surface area contributed by atoms with Crippen LogP contribution >= 0.6 is 0 Å². The van der Waals surface area contributed by atoms with Gasteiger partial charge in [0, 0.05) is 34.6 Å². The van der Waals surface area contributed by atoms with Gasteiger partial charge >= 0.3 is 0 Å². The molecule has 0 amide bonds. The third-order valence-corrected chi connectivity index (χ3v) is 4.18. The predicted octanol–water partition coefficient (Wildman–Crippen LogP) is 5.02. The Balaban J connectivity index is 1.80. The summed E-state index contributed by atoms with van der Waals surface area (Å²) in [5.41, 5.74) is 10.3. The Morgan fingerprint density at radius 2 is 1.65 bits per heavy atom. The smallest absolute Gasteiger partial charge is 0.123 e. The van der Waals surface area contributed by atoms with Crippen LogP contribution in [0.1, 0.15) is 11.1 Å². The van der Waals surface area contributed by atoms with Crippen molar-refractivity contribution in [3.8, 4) is 23.0 Å². The molecule has 3 heteroatoms. The minimum absolute atomic E-state index is 0.272. The third kappa shape index (κ3) is 3.26. The van der Waals surface area contributed by atoms with E-state index < -0.39 is 0 Å². The molecule has 0 aliphatic rings. The maximum atomic E-state index is 13.0. The fourth-order valence-electron chi connectivity index (χ4n) is 2.84. The Kier molecular flexibility index (Phi) is 4.09. The SMILES string of the molecule is Nc1ccc(-c2ccc3cnccc3c2)c(C#Cc2ccc(F)cc2)c1. The molecule has 0 saturated carbocycles. The largest absolute Gasteiger partial charge is 0.399 e. The van der Waals surface area contributed by atoms with Crippen molar-refractivity contribution in [3.05, 3.63) is 96.1 Å². The molecule has 26 heavy (non-hydrogen) atoms. The van der Waals surface area contributed by atoms with Crippen LogP contribution in [-0.4, -0.2) is 4.98 Å². The van der Waals surface area contributed by atoms with Crippen molar-refractivity contribution in [2.75, 3.05) is 5.73 Å². The lowest BCUT2D eigenvalue weighted by atomic mass is 9.97. The van der Waals surface area contributed by atoms with E-state index in [9.17, 15) is 4.39 Å². The molecule has 0 spiro atoms. The van der Waals surface area contributed by atoms with Crippen LogP contribution in [0.15, 0.2) is 79.1 Å². The predicted molar refractivity (Wildman–Crippen MR) is 104 cm³/mol. The van der Waals surface area contributed by atoms with Crippen molar-refractivity contribution in [2.45, 2.75) is 0 Å². The summed E-state index contributed by atoms with van der Waals surface area (Å²) >= 11 is 0. The summed E-state index contributed by atoms with van der Waals surface area (Å²) in [4.78, 5) is 4.15. The molecule has 4 aromatic rings. The first-order valence-electron chi connectivity index (χ1n) is 8.20. The van der Waals surface area contributed by atoms with Gasteiger partial charge in [-0.2, -0.15) is 0 Å². The lowest BCUT2D eigenvalue weighted by Gasteiger charge is -2.08. The second-order valence-corrected chi connectivity index (χ2v) is 6.00. The third-order valence-electron chi connectivity index (χ3n) is 4.18. The van der Waals surface area contributed by atoms with Gasteiger partial charge in [0.2, 0.25) is 0 Å². The zero-order chi connectivity index (χ0) is 17.9. The van der Waals surface area contributed by atoms with Gasteiger partial charge in [-0.3, -0.25) is 4.98 Å². The van der Waals surface area contributed by atoms with Crippen LogP contribution in [-0.2, 0) is 0 Å². The molecule has 124 valence electrons. The van der Waals surface area contributed by atoms with Gasteiger partial charge in [-0.1, -0.05) is 30.0 Å². The number of rotatable bonds is 1. The lowest BCUT2D eigenvalue weighted by molar-refractivity contribution is 0.627. The molecule has 1 aromatic heterocycles. The van der Waals surface area contributed by atoms with Crippen LogP contribution in [0.4, 0.5) is 10.1 Å². The molecule has 3 aromatic carbocycles. The first-order chi connectivity index (χ1) is 12.7. The Bertz CT molecular complexity index is 1150. The molecule has 1 heterocycles. The molecule has 0 aliphatic carbocycles. The van der Waals surface area contributed by atoms with Crippen molar-refractivity contribution >= 4 is 16.5 Å². The van der Waals surface area contributed by atoms with E-state index in [0.717, 1.165) is 33.0 Å². The van der Waals surface area contributed by atoms with Gasteiger partial charge in [0.25, 0.3) is 0 Å². The van der Waals surface area contributed by atoms with E-state index in [0.29, 0.717) is 5.69 Å². The highest BCUT2D eigenvalue weighted by Gasteiger charge is 2.05. The summed E-state index contributed by atoms with van der Waals surface area (Å²) in [7, 11) is 0. The van der Waals surface area contributed by atoms with Crippen molar-refractivity contribution in [3.63, 3.8) is 0 Å². The normalized spacial score (nSPS) is 10.3. The topological polar surface area (TPSA) is 38.9 Å². The molecule has 2 N–H and O–H groups in total. The van der Waals surface area contributed by atoms with Crippen LogP contribution in [0.25, 0.3) is 21.9 Å². The van der Waals surface area contributed by atoms with Crippen LogP contribution in [0.2, 0.25) is 0 Å². The van der Waals surface area contributed by atoms with E-state index in [4.69, 9.17) is 5.73 Å². The number of anilines is 1. The number of aromatic nitrogens is 1. The van der Waals surface area contributed by atoms with Crippen LogP contribution < -0.4 is 5.73 Å². The molecule has 0 aliphatic heterocycles. The Hall–Kier alpha value is -3.64. The summed E-state index contributed by atoms with van der Waals surface area (Å²) in [6.07, 6.45) is 3.63. The number of fused-ring (bicyclic) bond motifs is 1. The average molecular weight is 338 g/mol. The highest BCUT2D eigenvalue weighted by atomic mass is 19.1. The van der Waals surface area contributed by atoms with E-state index in [1.165, 1.54) is 12.1 Å². The monoisotopic (exact) mass is 338 g/mol. The van der Waals surface area contributed by atoms with Gasteiger partial charge in [-0.15, -0.1) is 0 Å². The summed E-state index contributed by atoms with van der Waals surface area (Å²) in [5.74, 6) is 5.98. The van der Waals surface area contributed by atoms with Crippen molar-refractivity contribution in [2.24, 2.45) is 0 Å². The molecule has 0 bridgehead atoms. The highest BCUT2D eigenvalue weighted by molar-refractivity contribution is 5.88. The van der Waals surface area contributed by atoms with Gasteiger partial charge in [0.05, 0.1) is 0 Å². The molecule has 0 fully saturated rings. The summed E-state index contributed by atoms with van der Waals surface area (Å²) in [6.45, 7) is 0. The second kappa shape index (κ2) is 6.70. The first-order valence-corrected chi connectivity index (χ1v) is 8.20. The molecule has 0 radical (unpaired) electrons. The Morgan fingerprint density at radius 3 is 2.50 bits per heavy atom. The fourth-order valence-corrected chi connectivity index (χ4v) is 2.84. The number of halogens is 1. The molecule has 0 atom stereocenters. The van der Waals surface area contributed by atoms with Gasteiger partial charge in [-0.05, 0) is 65.0 Å². The standard InChI is InChI=1S/C23H15FN2/c24-21-7-2-16(3-8-21)1-4-19-14-22(25)9-10-23(19)18-5-6-20-15-26-12-11-17(20)13-18/h2-3,5-15H,25H2. The summed E-state index contributed by atoms with van der Waals surface area (Å²) in [5, 5.41) is 2.21. The summed E-state index contributed by atoms with van der Waals surface area (Å²) < 4.78 is 13.0. The lowest BCUT2D eigenvalue weighted by Crippen LogP contribution is -1.90. The molecular formula is C23H15FN2. The quantitative estimate of drug-likeness (QED) is 0.391. The zero-order valence-corrected chi connectivity index (χ0v) is 13.9. The summed E-state index contributed by atoms with van der Waals surface area (Å²) in [6, 6.07) is 20.1. The average Bonchev–Trinajstić information content (AvgIpc) is 2.67. The number of nitrogen functional groups attached to an aromatic ring is 1. The number of hydrogen-bond acceptors (Lipinski definition) is 2. The maximum absolute atomic E-state index is 13.0. The fraction of sp³-hybridized carbons (Fsp3) is 0. The van der Waals surface area contributed by atoms with Gasteiger partial charge < -0.3 is 5.73 Å². The number of nitrogens with zero attached hydrogens (tertiary/aromatic N) is 1. The second-order valence-electron chi connectivity index (χ2n) is 6.00. The number of hydrogen-bond donors (Lipinski definition) is 1. The number of nitrogens with two attached hydrogens (primary N) is 1. The Morgan fingerprint density at radius 1 is 0.808 bits per heavy atom. The van der Waals surface area contributed by atoms with E-state index in [1.807, 2.05) is 36.5 Å². The van der Waals surface area contributed by atoms with Gasteiger partial charge in [0.1, 0.15) is 5.82 Å². The maximum Gasteiger partial charge on any atom is 0.123 e. The van der Waals surface area contributed by atoms with Crippen LogP contribution in [0, 0.1) is 17.7 Å². The number of benzene rings is 3. The van der Waals surface area contributed by atoms with Crippen molar-refractivity contribution in [1.29, 1.82) is 0 Å². The van der Waals surface area contributed by atoms with Gasteiger partial charge in [-0.25, -0.2) is 4.39 Å². The van der Waals surface area contributed by atoms with E-state index in [2.05, 4.69) is 29.0 Å². The van der Waals surface area contributed by atoms with Crippen molar-refractivity contribution < 1.29 is 4.39 Å². The highest BCUT2D eigenvalue weighted by Crippen LogP contribution is 2.28. The van der Waals surface area contributed by atoms with E-state index in [1.54, 1.807) is 18.3 Å². The van der Waals surface area contributed by atoms with Crippen LogP contribution in [0.3, 0.4) is 0 Å². The minimum atomic E-state index is -0.272. The molecule has 0 unspecified atom stereocenters. The first kappa shape index (κ1) is 15.9. The van der Waals surface area contributed by atoms with Gasteiger partial charge in [0.15, 0.2) is 0 Å². The number of pyridine rings is 1. The molecular weight excluding hydrogens is 323 g/mol. The Labute approximate surface area is 151 Å². The van der Waals surface area contributed by atoms with E-state index in [-0.39, 0.29) is 5.82 Å². The molecule has 0 saturated heterocycles. The van der Waals surface area contributed by atoms with Crippen LogP contribution in [0.5, 0.6) is 0 Å². The molecule has 2 nitrogen and oxygen atoms in total.